The van der Waals surface area contributed by atoms with Crippen LogP contribution >= 0.6 is 10.0 Å². The van der Waals surface area contributed by atoms with Crippen molar-refractivity contribution in [3.05, 3.63) is 35.3 Å². The van der Waals surface area contributed by atoms with Crippen molar-refractivity contribution in [1.82, 2.24) is 0 Å². The van der Waals surface area contributed by atoms with Gasteiger partial charge >= 0.3 is 0 Å². The monoisotopic (exact) mass is 360 g/mol. The number of rotatable bonds is 3. The minimum absolute atomic E-state index is 0.381. The molecule has 2 heteroatoms. The average molecular weight is 361 g/mol. The Kier molecular flexibility index (Phi) is 5.48. The molecule has 1 nitrogen and oxygen atoms in total. The zero-order valence-electron chi connectivity index (χ0n) is 15.9. The molecular formula is C23H36OS. The highest BCUT2D eigenvalue weighted by Crippen LogP contribution is 2.75. The zero-order valence-corrected chi connectivity index (χ0v) is 16.7. The summed E-state index contributed by atoms with van der Waals surface area (Å²) in [5.41, 5.74) is 0. The van der Waals surface area contributed by atoms with Crippen molar-refractivity contribution in [2.24, 2.45) is 17.8 Å². The van der Waals surface area contributed by atoms with Gasteiger partial charge in [0.05, 0.1) is 0 Å². The van der Waals surface area contributed by atoms with Gasteiger partial charge in [-0.15, -0.1) is 0 Å². The molecule has 2 fully saturated rings. The number of hydrogen-bond donors (Lipinski definition) is 1. The highest BCUT2D eigenvalue weighted by Gasteiger charge is 2.52. The number of aliphatic hydroxyl groups excluding tert-OH is 1. The molecule has 0 bridgehead atoms. The van der Waals surface area contributed by atoms with Crippen LogP contribution in [0.3, 0.4) is 0 Å². The first kappa shape index (κ1) is 17.9. The van der Waals surface area contributed by atoms with Crippen LogP contribution in [0.25, 0.3) is 0 Å². The maximum Gasteiger partial charge on any atom is 0.0433 e. The molecule has 3 aliphatic carbocycles. The summed E-state index contributed by atoms with van der Waals surface area (Å²) in [4.78, 5) is 1.93. The average Bonchev–Trinajstić information content (AvgIpc) is 2.91. The molecule has 140 valence electrons. The standard InChI is InChI=1S/C23H36OS/c1-25(19-9-7-8-18(14-15-19)16-17-24)22-12-4-2-3-10-20(22)21-11-5-6-13-23(21)25/h2-4,12-13,18-22,24H,5-11,14-17H2,1H3. The lowest BCUT2D eigenvalue weighted by Crippen LogP contribution is -2.26. The third-order valence-electron chi connectivity index (χ3n) is 7.66. The van der Waals surface area contributed by atoms with E-state index < -0.39 is 10.0 Å². The van der Waals surface area contributed by atoms with Gasteiger partial charge in [0.2, 0.25) is 0 Å². The summed E-state index contributed by atoms with van der Waals surface area (Å²) in [5, 5.41) is 11.1. The number of hydrogen-bond acceptors (Lipinski definition) is 1. The third-order valence-corrected chi connectivity index (χ3v) is 12.6. The summed E-state index contributed by atoms with van der Waals surface area (Å²) in [7, 11) is -0.720. The van der Waals surface area contributed by atoms with Crippen LogP contribution in [0.4, 0.5) is 0 Å². The molecule has 25 heavy (non-hydrogen) atoms. The van der Waals surface area contributed by atoms with Crippen LogP contribution < -0.4 is 0 Å². The highest BCUT2D eigenvalue weighted by molar-refractivity contribution is 8.37. The van der Waals surface area contributed by atoms with E-state index in [0.29, 0.717) is 6.61 Å². The molecule has 0 aromatic carbocycles. The van der Waals surface area contributed by atoms with Crippen molar-refractivity contribution in [1.29, 1.82) is 0 Å². The van der Waals surface area contributed by atoms with E-state index in [2.05, 4.69) is 36.6 Å². The summed E-state index contributed by atoms with van der Waals surface area (Å²) < 4.78 is 0. The third kappa shape index (κ3) is 3.18. The lowest BCUT2D eigenvalue weighted by molar-refractivity contribution is 0.248. The molecule has 0 amide bonds. The topological polar surface area (TPSA) is 20.2 Å². The van der Waals surface area contributed by atoms with Crippen LogP contribution in [0, 0.1) is 17.8 Å². The first-order chi connectivity index (χ1) is 12.2. The summed E-state index contributed by atoms with van der Waals surface area (Å²) >= 11 is 0. The van der Waals surface area contributed by atoms with E-state index in [1.54, 1.807) is 0 Å². The fourth-order valence-corrected chi connectivity index (χ4v) is 11.7. The van der Waals surface area contributed by atoms with Crippen molar-refractivity contribution in [3.8, 4) is 0 Å². The van der Waals surface area contributed by atoms with Gasteiger partial charge in [-0.1, -0.05) is 43.2 Å². The van der Waals surface area contributed by atoms with Crippen molar-refractivity contribution >= 4 is 10.0 Å². The summed E-state index contributed by atoms with van der Waals surface area (Å²) in [5.74, 6) is 2.53. The predicted octanol–water partition coefficient (Wildman–Crippen LogP) is 5.95. The molecular weight excluding hydrogens is 324 g/mol. The lowest BCUT2D eigenvalue weighted by atomic mass is 9.81. The van der Waals surface area contributed by atoms with Crippen molar-refractivity contribution in [2.75, 3.05) is 12.9 Å². The largest absolute Gasteiger partial charge is 0.396 e. The number of allylic oxidation sites excluding steroid dienone is 5. The van der Waals surface area contributed by atoms with E-state index in [0.717, 1.165) is 34.7 Å². The molecule has 1 heterocycles. The SMILES string of the molecule is CS1(C2CCCC(CCO)CC2)C2=CCCCC2C2CC=CC=CC21. The molecule has 4 rings (SSSR count). The zero-order chi connectivity index (χ0) is 17.3. The van der Waals surface area contributed by atoms with Gasteiger partial charge in [-0.3, -0.25) is 0 Å². The van der Waals surface area contributed by atoms with E-state index in [-0.39, 0.29) is 0 Å². The van der Waals surface area contributed by atoms with E-state index in [1.807, 2.05) is 4.91 Å². The molecule has 1 saturated carbocycles. The Hall–Kier alpha value is -0.470. The van der Waals surface area contributed by atoms with E-state index >= 15 is 0 Å². The predicted molar refractivity (Wildman–Crippen MR) is 111 cm³/mol. The van der Waals surface area contributed by atoms with Crippen LogP contribution in [-0.4, -0.2) is 28.5 Å². The van der Waals surface area contributed by atoms with Crippen LogP contribution in [0.2, 0.25) is 0 Å². The fourth-order valence-electron chi connectivity index (χ4n) is 6.37. The Morgan fingerprint density at radius 1 is 1.08 bits per heavy atom. The smallest absolute Gasteiger partial charge is 0.0433 e. The van der Waals surface area contributed by atoms with Gasteiger partial charge in [-0.25, -0.2) is 10.0 Å². The van der Waals surface area contributed by atoms with Gasteiger partial charge in [0.1, 0.15) is 0 Å². The molecule has 6 atom stereocenters. The maximum atomic E-state index is 9.36. The molecule has 0 spiro atoms. The second-order valence-electron chi connectivity index (χ2n) is 8.88. The van der Waals surface area contributed by atoms with Crippen LogP contribution in [0.15, 0.2) is 35.3 Å². The molecule has 0 radical (unpaired) electrons. The van der Waals surface area contributed by atoms with Gasteiger partial charge in [0.15, 0.2) is 0 Å². The maximum absolute atomic E-state index is 9.36. The van der Waals surface area contributed by atoms with E-state index in [1.165, 1.54) is 57.8 Å². The van der Waals surface area contributed by atoms with Crippen LogP contribution in [0.5, 0.6) is 0 Å². The van der Waals surface area contributed by atoms with Crippen LogP contribution in [0.1, 0.15) is 64.2 Å². The summed E-state index contributed by atoms with van der Waals surface area (Å²) in [6.45, 7) is 0.381. The second-order valence-corrected chi connectivity index (χ2v) is 12.7. The minimum atomic E-state index is -0.720. The van der Waals surface area contributed by atoms with Gasteiger partial charge < -0.3 is 5.11 Å². The Bertz CT molecular complexity index is 562. The molecule has 0 aromatic heterocycles. The molecule has 4 aliphatic rings. The summed E-state index contributed by atoms with van der Waals surface area (Å²) in [6, 6.07) is 0. The molecule has 6 unspecified atom stereocenters. The molecule has 1 N–H and O–H groups in total. The Morgan fingerprint density at radius 3 is 2.88 bits per heavy atom. The second kappa shape index (κ2) is 7.64. The normalized spacial score (nSPS) is 46.3. The van der Waals surface area contributed by atoms with Crippen molar-refractivity contribution < 1.29 is 5.11 Å². The van der Waals surface area contributed by atoms with Crippen molar-refractivity contribution in [2.45, 2.75) is 74.7 Å². The first-order valence-corrected chi connectivity index (χ1v) is 12.8. The van der Waals surface area contributed by atoms with Gasteiger partial charge in [0, 0.05) is 11.9 Å². The summed E-state index contributed by atoms with van der Waals surface area (Å²) in [6.07, 6.45) is 28.5. The lowest BCUT2D eigenvalue weighted by Gasteiger charge is -2.47. The van der Waals surface area contributed by atoms with Crippen molar-refractivity contribution in [3.63, 3.8) is 0 Å². The molecule has 1 aliphatic heterocycles. The Labute approximate surface area is 156 Å². The van der Waals surface area contributed by atoms with Gasteiger partial charge in [-0.2, -0.15) is 0 Å². The fraction of sp³-hybridized carbons (Fsp3) is 0.739. The quantitative estimate of drug-likeness (QED) is 0.617. The highest BCUT2D eigenvalue weighted by atomic mass is 32.3. The van der Waals surface area contributed by atoms with Gasteiger partial charge in [0.25, 0.3) is 0 Å². The number of aliphatic hydroxyl groups is 1. The van der Waals surface area contributed by atoms with E-state index in [4.69, 9.17) is 0 Å². The Morgan fingerprint density at radius 2 is 2.00 bits per heavy atom. The number of fused-ring (bicyclic) bond motifs is 3. The molecule has 1 saturated heterocycles. The van der Waals surface area contributed by atoms with E-state index in [9.17, 15) is 5.11 Å². The first-order valence-electron chi connectivity index (χ1n) is 10.7. The van der Waals surface area contributed by atoms with Crippen LogP contribution in [-0.2, 0) is 0 Å². The minimum Gasteiger partial charge on any atom is -0.396 e. The molecule has 0 aromatic rings. The van der Waals surface area contributed by atoms with Gasteiger partial charge in [-0.05, 0) is 85.5 Å². The Balaban J connectivity index is 1.64.